The number of aromatic amines is 1. The molecule has 1 fully saturated rings. The van der Waals surface area contributed by atoms with Crippen molar-refractivity contribution in [2.75, 3.05) is 33.3 Å². The van der Waals surface area contributed by atoms with Crippen molar-refractivity contribution < 1.29 is 14.3 Å². The number of rotatable bonds is 3. The number of ether oxygens (including phenoxy) is 1. The van der Waals surface area contributed by atoms with E-state index < -0.39 is 0 Å². The van der Waals surface area contributed by atoms with Crippen LogP contribution in [-0.2, 0) is 0 Å². The fourth-order valence-electron chi connectivity index (χ4n) is 3.92. The van der Waals surface area contributed by atoms with Crippen molar-refractivity contribution in [3.63, 3.8) is 0 Å². The highest BCUT2D eigenvalue weighted by atomic mass is 16.5. The summed E-state index contributed by atoms with van der Waals surface area (Å²) >= 11 is 0. The summed E-state index contributed by atoms with van der Waals surface area (Å²) in [7, 11) is 1.62. The molecule has 1 aliphatic heterocycles. The highest BCUT2D eigenvalue weighted by Gasteiger charge is 2.26. The van der Waals surface area contributed by atoms with Gasteiger partial charge in [-0.15, -0.1) is 0 Å². The van der Waals surface area contributed by atoms with Crippen molar-refractivity contribution >= 4 is 22.7 Å². The molecule has 0 bridgehead atoms. The first kappa shape index (κ1) is 19.1. The van der Waals surface area contributed by atoms with Crippen molar-refractivity contribution in [2.45, 2.75) is 13.8 Å². The summed E-state index contributed by atoms with van der Waals surface area (Å²) in [5.74, 6) is 0.745. The fourth-order valence-corrected chi connectivity index (χ4v) is 3.92. The lowest BCUT2D eigenvalue weighted by Gasteiger charge is -2.34. The lowest BCUT2D eigenvalue weighted by atomic mass is 10.1. The van der Waals surface area contributed by atoms with Crippen LogP contribution in [0.5, 0.6) is 5.75 Å². The number of benzene rings is 2. The predicted molar refractivity (Wildman–Crippen MR) is 113 cm³/mol. The Morgan fingerprint density at radius 1 is 0.862 bits per heavy atom. The monoisotopic (exact) mass is 391 g/mol. The number of amides is 2. The number of aryl methyl sites for hydroxylation is 2. The Kier molecular flexibility index (Phi) is 5.01. The maximum atomic E-state index is 12.9. The molecular weight excluding hydrogens is 366 g/mol. The van der Waals surface area contributed by atoms with Gasteiger partial charge in [0.1, 0.15) is 11.4 Å². The van der Waals surface area contributed by atoms with Crippen LogP contribution in [0.3, 0.4) is 0 Å². The van der Waals surface area contributed by atoms with Crippen LogP contribution >= 0.6 is 0 Å². The molecule has 150 valence electrons. The molecular formula is C23H25N3O3. The Labute approximate surface area is 170 Å². The molecule has 6 nitrogen and oxygen atoms in total. The SMILES string of the molecule is COc1ccc2[nH]c(C(=O)N3CCN(C(=O)c4cc(C)cc(C)c4)CC3)cc2c1. The number of hydrogen-bond acceptors (Lipinski definition) is 3. The average molecular weight is 391 g/mol. The van der Waals surface area contributed by atoms with Gasteiger partial charge in [-0.05, 0) is 50.2 Å². The molecule has 1 aromatic heterocycles. The number of aromatic nitrogens is 1. The number of methoxy groups -OCH3 is 1. The first-order valence-corrected chi connectivity index (χ1v) is 9.78. The molecule has 1 aliphatic rings. The lowest BCUT2D eigenvalue weighted by molar-refractivity contribution is 0.0533. The maximum Gasteiger partial charge on any atom is 0.270 e. The average Bonchev–Trinajstić information content (AvgIpc) is 3.15. The molecule has 0 unspecified atom stereocenters. The van der Waals surface area contributed by atoms with Crippen LogP contribution in [0, 0.1) is 13.8 Å². The molecule has 3 aromatic rings. The molecule has 2 aromatic carbocycles. The molecule has 1 saturated heterocycles. The Morgan fingerprint density at radius 3 is 2.10 bits per heavy atom. The summed E-state index contributed by atoms with van der Waals surface area (Å²) in [5, 5.41) is 0.941. The molecule has 0 aliphatic carbocycles. The van der Waals surface area contributed by atoms with Gasteiger partial charge in [0.2, 0.25) is 0 Å². The Morgan fingerprint density at radius 2 is 1.48 bits per heavy atom. The molecule has 2 amide bonds. The summed E-state index contributed by atoms with van der Waals surface area (Å²) in [6.45, 7) is 6.10. The number of nitrogens with one attached hydrogen (secondary N) is 1. The summed E-state index contributed by atoms with van der Waals surface area (Å²) in [6.07, 6.45) is 0. The summed E-state index contributed by atoms with van der Waals surface area (Å²) in [6, 6.07) is 13.4. The van der Waals surface area contributed by atoms with Gasteiger partial charge in [-0.3, -0.25) is 9.59 Å². The summed E-state index contributed by atoms with van der Waals surface area (Å²) in [5.41, 5.74) is 4.34. The number of H-pyrrole nitrogens is 1. The summed E-state index contributed by atoms with van der Waals surface area (Å²) in [4.78, 5) is 32.6. The third-order valence-corrected chi connectivity index (χ3v) is 5.38. The second-order valence-corrected chi connectivity index (χ2v) is 7.60. The van der Waals surface area contributed by atoms with Crippen molar-refractivity contribution in [3.05, 3.63) is 64.8 Å². The van der Waals surface area contributed by atoms with Crippen LogP contribution in [0.2, 0.25) is 0 Å². The maximum absolute atomic E-state index is 12.9. The van der Waals surface area contributed by atoms with Gasteiger partial charge in [-0.2, -0.15) is 0 Å². The number of piperazine rings is 1. The van der Waals surface area contributed by atoms with Gasteiger partial charge < -0.3 is 19.5 Å². The molecule has 4 rings (SSSR count). The quantitative estimate of drug-likeness (QED) is 0.744. The minimum Gasteiger partial charge on any atom is -0.497 e. The van der Waals surface area contributed by atoms with E-state index >= 15 is 0 Å². The Balaban J connectivity index is 1.43. The predicted octanol–water partition coefficient (Wildman–Crippen LogP) is 3.39. The molecule has 0 saturated carbocycles. The zero-order valence-corrected chi connectivity index (χ0v) is 17.0. The number of fused-ring (bicyclic) bond motifs is 1. The zero-order valence-electron chi connectivity index (χ0n) is 17.0. The molecule has 1 N–H and O–H groups in total. The van der Waals surface area contributed by atoms with E-state index in [1.807, 2.05) is 55.1 Å². The fraction of sp³-hybridized carbons (Fsp3) is 0.304. The van der Waals surface area contributed by atoms with Crippen molar-refractivity contribution in [1.29, 1.82) is 0 Å². The van der Waals surface area contributed by atoms with Crippen LogP contribution in [0.1, 0.15) is 32.0 Å². The molecule has 6 heteroatoms. The van der Waals surface area contributed by atoms with Gasteiger partial charge in [0, 0.05) is 42.6 Å². The lowest BCUT2D eigenvalue weighted by Crippen LogP contribution is -2.50. The normalized spacial score (nSPS) is 14.3. The highest BCUT2D eigenvalue weighted by molar-refractivity contribution is 5.99. The van der Waals surface area contributed by atoms with Gasteiger partial charge in [-0.1, -0.05) is 17.2 Å². The topological polar surface area (TPSA) is 65.6 Å². The van der Waals surface area contributed by atoms with Crippen LogP contribution in [-0.4, -0.2) is 59.9 Å². The van der Waals surface area contributed by atoms with E-state index in [-0.39, 0.29) is 11.8 Å². The van der Waals surface area contributed by atoms with E-state index in [0.29, 0.717) is 37.4 Å². The third kappa shape index (κ3) is 3.83. The first-order chi connectivity index (χ1) is 13.9. The molecule has 0 spiro atoms. The second-order valence-electron chi connectivity index (χ2n) is 7.60. The molecule has 0 atom stereocenters. The minimum absolute atomic E-state index is 0.0293. The minimum atomic E-state index is -0.0429. The Bertz CT molecular complexity index is 1060. The zero-order chi connectivity index (χ0) is 20.5. The van der Waals surface area contributed by atoms with Gasteiger partial charge in [0.25, 0.3) is 11.8 Å². The van der Waals surface area contributed by atoms with Crippen molar-refractivity contribution in [1.82, 2.24) is 14.8 Å². The third-order valence-electron chi connectivity index (χ3n) is 5.38. The molecule has 29 heavy (non-hydrogen) atoms. The largest absolute Gasteiger partial charge is 0.497 e. The number of carbonyl (C=O) groups excluding carboxylic acids is 2. The number of hydrogen-bond donors (Lipinski definition) is 1. The van der Waals surface area contributed by atoms with E-state index in [2.05, 4.69) is 11.1 Å². The second kappa shape index (κ2) is 7.62. The Hall–Kier alpha value is -3.28. The van der Waals surface area contributed by atoms with Crippen molar-refractivity contribution in [2.24, 2.45) is 0 Å². The van der Waals surface area contributed by atoms with E-state index in [1.54, 1.807) is 12.0 Å². The van der Waals surface area contributed by atoms with Crippen LogP contribution in [0.4, 0.5) is 0 Å². The molecule has 0 radical (unpaired) electrons. The van der Waals surface area contributed by atoms with Crippen LogP contribution < -0.4 is 4.74 Å². The van der Waals surface area contributed by atoms with Gasteiger partial charge >= 0.3 is 0 Å². The van der Waals surface area contributed by atoms with Gasteiger partial charge in [0.05, 0.1) is 7.11 Å². The van der Waals surface area contributed by atoms with Gasteiger partial charge in [0.15, 0.2) is 0 Å². The highest BCUT2D eigenvalue weighted by Crippen LogP contribution is 2.22. The van der Waals surface area contributed by atoms with E-state index in [1.165, 1.54) is 0 Å². The summed E-state index contributed by atoms with van der Waals surface area (Å²) < 4.78 is 5.25. The smallest absolute Gasteiger partial charge is 0.270 e. The first-order valence-electron chi connectivity index (χ1n) is 9.78. The van der Waals surface area contributed by atoms with Crippen molar-refractivity contribution in [3.8, 4) is 5.75 Å². The number of carbonyl (C=O) groups is 2. The van der Waals surface area contributed by atoms with E-state index in [0.717, 1.165) is 27.8 Å². The van der Waals surface area contributed by atoms with Crippen LogP contribution in [0.15, 0.2) is 42.5 Å². The number of nitrogens with zero attached hydrogens (tertiary/aromatic N) is 2. The van der Waals surface area contributed by atoms with Crippen LogP contribution in [0.25, 0.3) is 10.9 Å². The van der Waals surface area contributed by atoms with E-state index in [4.69, 9.17) is 4.74 Å². The standard InChI is InChI=1S/C23H25N3O3/c1-15-10-16(2)12-18(11-15)22(27)25-6-8-26(9-7-25)23(28)21-14-17-13-19(29-3)4-5-20(17)24-21/h4-5,10-14,24H,6-9H2,1-3H3. The molecule has 2 heterocycles. The van der Waals surface area contributed by atoms with E-state index in [9.17, 15) is 9.59 Å². The van der Waals surface area contributed by atoms with Gasteiger partial charge in [-0.25, -0.2) is 0 Å².